The van der Waals surface area contributed by atoms with E-state index < -0.39 is 0 Å². The minimum Gasteiger partial charge on any atom is -0.466 e. The quantitative estimate of drug-likeness (QED) is 0.625. The third-order valence-electron chi connectivity index (χ3n) is 5.63. The van der Waals surface area contributed by atoms with Gasteiger partial charge in [0.1, 0.15) is 10.7 Å². The largest absolute Gasteiger partial charge is 0.466 e. The molecule has 3 aromatic rings. The van der Waals surface area contributed by atoms with E-state index in [2.05, 4.69) is 41.1 Å². The molecule has 6 nitrogen and oxygen atoms in total. The zero-order valence-corrected chi connectivity index (χ0v) is 18.5. The SMILES string of the molecule is CCOC(=O)C1CCCN(Cc2nc3sc(C)c(-c4ccc(C)cc4)c3c(=O)[nH]2)C1. The van der Waals surface area contributed by atoms with Gasteiger partial charge in [0.15, 0.2) is 0 Å². The Bertz CT molecular complexity index is 1120. The number of rotatable bonds is 5. The molecule has 1 atom stereocenters. The molecule has 0 saturated carbocycles. The second-order valence-electron chi connectivity index (χ2n) is 7.92. The predicted molar refractivity (Wildman–Crippen MR) is 120 cm³/mol. The predicted octanol–water partition coefficient (Wildman–Crippen LogP) is 4.04. The van der Waals surface area contributed by atoms with Crippen molar-refractivity contribution in [3.63, 3.8) is 0 Å². The summed E-state index contributed by atoms with van der Waals surface area (Å²) in [6, 6.07) is 8.23. The Labute approximate surface area is 179 Å². The third kappa shape index (κ3) is 4.18. The van der Waals surface area contributed by atoms with Gasteiger partial charge in [0.2, 0.25) is 0 Å². The van der Waals surface area contributed by atoms with Gasteiger partial charge in [-0.3, -0.25) is 14.5 Å². The Morgan fingerprint density at radius 3 is 2.80 bits per heavy atom. The molecule has 0 aliphatic carbocycles. The molecule has 0 spiro atoms. The van der Waals surface area contributed by atoms with Gasteiger partial charge < -0.3 is 9.72 Å². The van der Waals surface area contributed by atoms with E-state index in [0.717, 1.165) is 40.2 Å². The Morgan fingerprint density at radius 1 is 1.30 bits per heavy atom. The van der Waals surface area contributed by atoms with Gasteiger partial charge in [-0.25, -0.2) is 4.98 Å². The standard InChI is InChI=1S/C23H27N3O3S/c1-4-29-23(28)17-6-5-11-26(12-17)13-18-24-21(27)20-19(15(3)30-22(20)25-18)16-9-7-14(2)8-10-16/h7-10,17H,4-6,11-13H2,1-3H3,(H,24,25,27). The Morgan fingerprint density at radius 2 is 2.07 bits per heavy atom. The van der Waals surface area contributed by atoms with E-state index in [-0.39, 0.29) is 17.4 Å². The number of hydrogen-bond donors (Lipinski definition) is 1. The minimum absolute atomic E-state index is 0.103. The summed E-state index contributed by atoms with van der Waals surface area (Å²) in [4.78, 5) is 36.9. The molecule has 0 bridgehead atoms. The van der Waals surface area contributed by atoms with Crippen LogP contribution in [0.2, 0.25) is 0 Å². The number of hydrogen-bond acceptors (Lipinski definition) is 6. The molecule has 30 heavy (non-hydrogen) atoms. The van der Waals surface area contributed by atoms with Crippen LogP contribution in [0.15, 0.2) is 29.1 Å². The molecular formula is C23H27N3O3S. The number of ether oxygens (including phenoxy) is 1. The monoisotopic (exact) mass is 425 g/mol. The summed E-state index contributed by atoms with van der Waals surface area (Å²) in [7, 11) is 0. The number of nitrogens with one attached hydrogen (secondary N) is 1. The van der Waals surface area contributed by atoms with E-state index in [9.17, 15) is 9.59 Å². The molecule has 4 rings (SSSR count). The van der Waals surface area contributed by atoms with Crippen molar-refractivity contribution < 1.29 is 9.53 Å². The lowest BCUT2D eigenvalue weighted by Gasteiger charge is -2.30. The number of aryl methyl sites for hydroxylation is 2. The maximum absolute atomic E-state index is 13.0. The first-order chi connectivity index (χ1) is 14.5. The van der Waals surface area contributed by atoms with Crippen LogP contribution in [-0.4, -0.2) is 40.5 Å². The van der Waals surface area contributed by atoms with E-state index in [1.165, 1.54) is 5.56 Å². The highest BCUT2D eigenvalue weighted by molar-refractivity contribution is 7.19. The number of piperidine rings is 1. The van der Waals surface area contributed by atoms with Crippen LogP contribution in [-0.2, 0) is 16.1 Å². The Kier molecular flexibility index (Phi) is 6.01. The lowest BCUT2D eigenvalue weighted by molar-refractivity contribution is -0.150. The fraction of sp³-hybridized carbons (Fsp3) is 0.435. The second kappa shape index (κ2) is 8.70. The highest BCUT2D eigenvalue weighted by atomic mass is 32.1. The van der Waals surface area contributed by atoms with Crippen molar-refractivity contribution in [1.29, 1.82) is 0 Å². The van der Waals surface area contributed by atoms with Crippen LogP contribution in [0.25, 0.3) is 21.3 Å². The van der Waals surface area contributed by atoms with Gasteiger partial charge in [-0.1, -0.05) is 29.8 Å². The summed E-state index contributed by atoms with van der Waals surface area (Å²) in [5.74, 6) is 0.413. The molecule has 1 saturated heterocycles. The molecule has 1 aliphatic heterocycles. The maximum Gasteiger partial charge on any atom is 0.310 e. The van der Waals surface area contributed by atoms with Gasteiger partial charge in [0.05, 0.1) is 24.5 Å². The number of aromatic nitrogens is 2. The number of fused-ring (bicyclic) bond motifs is 1. The average molecular weight is 426 g/mol. The summed E-state index contributed by atoms with van der Waals surface area (Å²) < 4.78 is 5.18. The van der Waals surface area contributed by atoms with Crippen LogP contribution in [0.4, 0.5) is 0 Å². The summed E-state index contributed by atoms with van der Waals surface area (Å²) in [5.41, 5.74) is 3.09. The van der Waals surface area contributed by atoms with Crippen LogP contribution < -0.4 is 5.56 Å². The van der Waals surface area contributed by atoms with Gasteiger partial charge in [-0.05, 0) is 45.7 Å². The number of thiophene rings is 1. The first kappa shape index (κ1) is 20.8. The second-order valence-corrected chi connectivity index (χ2v) is 9.12. The minimum atomic E-state index is -0.129. The van der Waals surface area contributed by atoms with Crippen molar-refractivity contribution in [3.05, 3.63) is 50.9 Å². The van der Waals surface area contributed by atoms with Crippen molar-refractivity contribution in [2.45, 2.75) is 40.2 Å². The van der Waals surface area contributed by atoms with E-state index in [1.807, 2.05) is 13.8 Å². The summed E-state index contributed by atoms with van der Waals surface area (Å²) in [5, 5.41) is 0.660. The Balaban J connectivity index is 1.60. The molecule has 1 N–H and O–H groups in total. The number of likely N-dealkylation sites (tertiary alicyclic amines) is 1. The molecule has 1 aromatic carbocycles. The van der Waals surface area contributed by atoms with Gasteiger partial charge in [-0.2, -0.15) is 0 Å². The van der Waals surface area contributed by atoms with Crippen molar-refractivity contribution in [1.82, 2.24) is 14.9 Å². The number of nitrogens with zero attached hydrogens (tertiary/aromatic N) is 2. The topological polar surface area (TPSA) is 75.3 Å². The fourth-order valence-electron chi connectivity index (χ4n) is 4.17. The number of benzene rings is 1. The lowest BCUT2D eigenvalue weighted by Crippen LogP contribution is -2.39. The molecule has 3 heterocycles. The highest BCUT2D eigenvalue weighted by Gasteiger charge is 2.27. The first-order valence-electron chi connectivity index (χ1n) is 10.4. The molecule has 2 aromatic heterocycles. The fourth-order valence-corrected chi connectivity index (χ4v) is 5.23. The van der Waals surface area contributed by atoms with Crippen molar-refractivity contribution in [2.75, 3.05) is 19.7 Å². The van der Waals surface area contributed by atoms with Crippen LogP contribution >= 0.6 is 11.3 Å². The molecule has 0 radical (unpaired) electrons. The van der Waals surface area contributed by atoms with E-state index >= 15 is 0 Å². The number of aromatic amines is 1. The van der Waals surface area contributed by atoms with E-state index in [4.69, 9.17) is 9.72 Å². The molecule has 1 aliphatic rings. The molecule has 7 heteroatoms. The van der Waals surface area contributed by atoms with Gasteiger partial charge in [0.25, 0.3) is 5.56 Å². The van der Waals surface area contributed by atoms with Crippen molar-refractivity contribution in [3.8, 4) is 11.1 Å². The number of esters is 1. The average Bonchev–Trinajstić information content (AvgIpc) is 3.05. The van der Waals surface area contributed by atoms with Gasteiger partial charge in [0, 0.05) is 17.0 Å². The van der Waals surface area contributed by atoms with Crippen LogP contribution in [0.5, 0.6) is 0 Å². The summed E-state index contributed by atoms with van der Waals surface area (Å²) in [6.07, 6.45) is 1.79. The molecule has 1 unspecified atom stereocenters. The maximum atomic E-state index is 13.0. The van der Waals surface area contributed by atoms with Gasteiger partial charge in [-0.15, -0.1) is 11.3 Å². The Hall–Kier alpha value is -2.51. The van der Waals surface area contributed by atoms with Crippen LogP contribution in [0, 0.1) is 19.8 Å². The highest BCUT2D eigenvalue weighted by Crippen LogP contribution is 2.35. The lowest BCUT2D eigenvalue weighted by atomic mass is 9.98. The van der Waals surface area contributed by atoms with Crippen molar-refractivity contribution >= 4 is 27.5 Å². The van der Waals surface area contributed by atoms with Crippen molar-refractivity contribution in [2.24, 2.45) is 5.92 Å². The van der Waals surface area contributed by atoms with Crippen LogP contribution in [0.1, 0.15) is 36.0 Å². The van der Waals surface area contributed by atoms with Crippen LogP contribution in [0.3, 0.4) is 0 Å². The molecule has 1 fully saturated rings. The summed E-state index contributed by atoms with van der Waals surface area (Å²) in [6.45, 7) is 8.37. The number of H-pyrrole nitrogens is 1. The molecule has 0 amide bonds. The van der Waals surface area contributed by atoms with E-state index in [0.29, 0.717) is 30.9 Å². The molecular weight excluding hydrogens is 398 g/mol. The van der Waals surface area contributed by atoms with E-state index in [1.54, 1.807) is 11.3 Å². The zero-order valence-electron chi connectivity index (χ0n) is 17.7. The number of carbonyl (C=O) groups excluding carboxylic acids is 1. The van der Waals surface area contributed by atoms with Gasteiger partial charge >= 0.3 is 5.97 Å². The first-order valence-corrected chi connectivity index (χ1v) is 11.3. The zero-order chi connectivity index (χ0) is 21.3. The summed E-state index contributed by atoms with van der Waals surface area (Å²) >= 11 is 1.56. The number of carbonyl (C=O) groups is 1. The third-order valence-corrected chi connectivity index (χ3v) is 6.63. The smallest absolute Gasteiger partial charge is 0.310 e. The molecule has 158 valence electrons. The normalized spacial score (nSPS) is 17.4.